The minimum Gasteiger partial charge on any atom is -0.419 e. The average molecular weight is 383 g/mol. The smallest absolute Gasteiger partial charge is 0.247 e. The number of nitrogens with zero attached hydrogens (tertiary/aromatic N) is 3. The van der Waals surface area contributed by atoms with Gasteiger partial charge < -0.3 is 4.42 Å². The van der Waals surface area contributed by atoms with Crippen molar-refractivity contribution in [3.05, 3.63) is 69.0 Å². The van der Waals surface area contributed by atoms with Crippen LogP contribution in [0.25, 0.3) is 11.5 Å². The van der Waals surface area contributed by atoms with Crippen molar-refractivity contribution < 1.29 is 4.42 Å². The van der Waals surface area contributed by atoms with Crippen LogP contribution in [0.1, 0.15) is 11.5 Å². The summed E-state index contributed by atoms with van der Waals surface area (Å²) in [6.07, 6.45) is 0. The highest BCUT2D eigenvalue weighted by Crippen LogP contribution is 2.24. The lowest BCUT2D eigenvalue weighted by Gasteiger charge is -2.14. The molecule has 0 saturated carbocycles. The molecular formula is C17H14Cl3N3O. The summed E-state index contributed by atoms with van der Waals surface area (Å²) in [5.41, 5.74) is 1.90. The highest BCUT2D eigenvalue weighted by Gasteiger charge is 2.11. The van der Waals surface area contributed by atoms with Crippen LogP contribution >= 0.6 is 34.8 Å². The third-order valence-corrected chi connectivity index (χ3v) is 4.39. The molecule has 0 atom stereocenters. The van der Waals surface area contributed by atoms with Crippen LogP contribution in [0.15, 0.2) is 46.9 Å². The zero-order valence-electron chi connectivity index (χ0n) is 12.8. The van der Waals surface area contributed by atoms with E-state index in [-0.39, 0.29) is 0 Å². The molecule has 0 saturated heterocycles. The minimum absolute atomic E-state index is 0.476. The molecule has 0 bridgehead atoms. The predicted octanol–water partition coefficient (Wildman–Crippen LogP) is 5.33. The number of rotatable bonds is 5. The van der Waals surface area contributed by atoms with Crippen LogP contribution in [-0.2, 0) is 13.1 Å². The Balaban J connectivity index is 1.65. The van der Waals surface area contributed by atoms with Crippen LogP contribution < -0.4 is 0 Å². The van der Waals surface area contributed by atoms with Gasteiger partial charge in [-0.15, -0.1) is 10.2 Å². The van der Waals surface area contributed by atoms with Crippen LogP contribution in [0.2, 0.25) is 15.1 Å². The SMILES string of the molecule is CN(Cc1ccc(Cl)c(Cl)c1)Cc1nnc(-c2ccc(Cl)cc2)o1. The van der Waals surface area contributed by atoms with Crippen molar-refractivity contribution in [2.45, 2.75) is 13.1 Å². The van der Waals surface area contributed by atoms with E-state index in [1.54, 1.807) is 18.2 Å². The zero-order valence-corrected chi connectivity index (χ0v) is 15.1. The minimum atomic E-state index is 0.476. The molecule has 4 nitrogen and oxygen atoms in total. The van der Waals surface area contributed by atoms with Gasteiger partial charge in [0.25, 0.3) is 0 Å². The normalized spacial score (nSPS) is 11.2. The lowest BCUT2D eigenvalue weighted by Crippen LogP contribution is -2.17. The van der Waals surface area contributed by atoms with Gasteiger partial charge in [-0.3, -0.25) is 4.90 Å². The van der Waals surface area contributed by atoms with Crippen LogP contribution in [0.4, 0.5) is 0 Å². The van der Waals surface area contributed by atoms with Crippen molar-refractivity contribution >= 4 is 34.8 Å². The van der Waals surface area contributed by atoms with Crippen LogP contribution in [-0.4, -0.2) is 22.1 Å². The molecule has 0 spiro atoms. The van der Waals surface area contributed by atoms with E-state index in [4.69, 9.17) is 39.2 Å². The van der Waals surface area contributed by atoms with Crippen molar-refractivity contribution in [2.24, 2.45) is 0 Å². The zero-order chi connectivity index (χ0) is 17.1. The Morgan fingerprint density at radius 1 is 0.917 bits per heavy atom. The first-order valence-corrected chi connectivity index (χ1v) is 8.35. The molecule has 3 aromatic rings. The molecule has 0 aliphatic rings. The second-order valence-corrected chi connectivity index (χ2v) is 6.68. The predicted molar refractivity (Wildman–Crippen MR) is 96.4 cm³/mol. The van der Waals surface area contributed by atoms with E-state index >= 15 is 0 Å². The molecule has 0 amide bonds. The van der Waals surface area contributed by atoms with Gasteiger partial charge in [0.15, 0.2) is 0 Å². The quantitative estimate of drug-likeness (QED) is 0.598. The van der Waals surface area contributed by atoms with Gasteiger partial charge in [0, 0.05) is 17.1 Å². The fraction of sp³-hybridized carbons (Fsp3) is 0.176. The summed E-state index contributed by atoms with van der Waals surface area (Å²) in [4.78, 5) is 2.05. The van der Waals surface area contributed by atoms with Gasteiger partial charge in [-0.1, -0.05) is 40.9 Å². The number of benzene rings is 2. The second kappa shape index (κ2) is 7.53. The molecular weight excluding hydrogens is 369 g/mol. The lowest BCUT2D eigenvalue weighted by atomic mass is 10.2. The Morgan fingerprint density at radius 3 is 2.38 bits per heavy atom. The molecule has 0 unspecified atom stereocenters. The molecule has 3 rings (SSSR count). The molecule has 0 aliphatic carbocycles. The first-order chi connectivity index (χ1) is 11.5. The van der Waals surface area contributed by atoms with Crippen molar-refractivity contribution in [3.63, 3.8) is 0 Å². The summed E-state index contributed by atoms with van der Waals surface area (Å²) in [5, 5.41) is 9.93. The molecule has 0 fully saturated rings. The van der Waals surface area contributed by atoms with Crippen LogP contribution in [0, 0.1) is 0 Å². The molecule has 0 N–H and O–H groups in total. The summed E-state index contributed by atoms with van der Waals surface area (Å²) >= 11 is 17.8. The molecule has 124 valence electrons. The van der Waals surface area contributed by atoms with Crippen LogP contribution in [0.3, 0.4) is 0 Å². The topological polar surface area (TPSA) is 42.2 Å². The van der Waals surface area contributed by atoms with Crippen LogP contribution in [0.5, 0.6) is 0 Å². The highest BCUT2D eigenvalue weighted by molar-refractivity contribution is 6.42. The monoisotopic (exact) mass is 381 g/mol. The van der Waals surface area contributed by atoms with E-state index in [0.717, 1.165) is 11.1 Å². The van der Waals surface area contributed by atoms with E-state index in [1.165, 1.54) is 0 Å². The second-order valence-electron chi connectivity index (χ2n) is 5.43. The van der Waals surface area contributed by atoms with E-state index in [9.17, 15) is 0 Å². The summed E-state index contributed by atoms with van der Waals surface area (Å²) in [6, 6.07) is 12.9. The van der Waals surface area contributed by atoms with Crippen molar-refractivity contribution in [1.29, 1.82) is 0 Å². The van der Waals surface area contributed by atoms with Crippen molar-refractivity contribution in [3.8, 4) is 11.5 Å². The Labute approximate surface area is 155 Å². The lowest BCUT2D eigenvalue weighted by molar-refractivity contribution is 0.283. The third kappa shape index (κ3) is 4.28. The fourth-order valence-corrected chi connectivity index (χ4v) is 2.71. The number of halogens is 3. The van der Waals surface area contributed by atoms with E-state index in [0.29, 0.717) is 39.9 Å². The van der Waals surface area contributed by atoms with Gasteiger partial charge in [-0.2, -0.15) is 0 Å². The Bertz CT molecular complexity index is 833. The molecule has 0 aliphatic heterocycles. The van der Waals surface area contributed by atoms with E-state index < -0.39 is 0 Å². The van der Waals surface area contributed by atoms with Gasteiger partial charge in [-0.05, 0) is 49.0 Å². The molecule has 7 heteroatoms. The van der Waals surface area contributed by atoms with Gasteiger partial charge >= 0.3 is 0 Å². The first-order valence-electron chi connectivity index (χ1n) is 7.22. The Morgan fingerprint density at radius 2 is 1.67 bits per heavy atom. The molecule has 1 aromatic heterocycles. The molecule has 1 heterocycles. The molecule has 24 heavy (non-hydrogen) atoms. The summed E-state index contributed by atoms with van der Waals surface area (Å²) in [5.74, 6) is 1.02. The van der Waals surface area contributed by atoms with Gasteiger partial charge in [-0.25, -0.2) is 0 Å². The highest BCUT2D eigenvalue weighted by atomic mass is 35.5. The summed E-state index contributed by atoms with van der Waals surface area (Å²) in [7, 11) is 1.97. The largest absolute Gasteiger partial charge is 0.419 e. The summed E-state index contributed by atoms with van der Waals surface area (Å²) in [6.45, 7) is 1.22. The van der Waals surface area contributed by atoms with Crippen molar-refractivity contribution in [2.75, 3.05) is 7.05 Å². The Kier molecular flexibility index (Phi) is 5.41. The van der Waals surface area contributed by atoms with Crippen molar-refractivity contribution in [1.82, 2.24) is 15.1 Å². The number of hydrogen-bond donors (Lipinski definition) is 0. The average Bonchev–Trinajstić information content (AvgIpc) is 3.00. The first kappa shape index (κ1) is 17.2. The van der Waals surface area contributed by atoms with Gasteiger partial charge in [0.2, 0.25) is 11.8 Å². The number of hydrogen-bond acceptors (Lipinski definition) is 4. The number of aromatic nitrogens is 2. The van der Waals surface area contributed by atoms with Gasteiger partial charge in [0.05, 0.1) is 16.6 Å². The molecule has 0 radical (unpaired) electrons. The molecule has 2 aromatic carbocycles. The standard InChI is InChI=1S/C17H14Cl3N3O/c1-23(9-11-2-7-14(19)15(20)8-11)10-16-21-22-17(24-16)12-3-5-13(18)6-4-12/h2-8H,9-10H2,1H3. The fourth-order valence-electron chi connectivity index (χ4n) is 2.26. The maximum Gasteiger partial charge on any atom is 0.247 e. The maximum atomic E-state index is 6.04. The van der Waals surface area contributed by atoms with E-state index in [1.807, 2.05) is 31.3 Å². The van der Waals surface area contributed by atoms with Gasteiger partial charge in [0.1, 0.15) is 0 Å². The maximum absolute atomic E-state index is 6.04. The Hall–Kier alpha value is -1.59. The third-order valence-electron chi connectivity index (χ3n) is 3.40. The van der Waals surface area contributed by atoms with E-state index in [2.05, 4.69) is 15.1 Å². The summed E-state index contributed by atoms with van der Waals surface area (Å²) < 4.78 is 5.71.